The molecule has 1 amide bonds. The van der Waals surface area contributed by atoms with Gasteiger partial charge in [-0.15, -0.1) is 0 Å². The Balaban J connectivity index is 1.95. The minimum absolute atomic E-state index is 0.0997. The Morgan fingerprint density at radius 1 is 1.10 bits per heavy atom. The van der Waals surface area contributed by atoms with Crippen molar-refractivity contribution in [2.45, 2.75) is 12.6 Å². The first-order valence-electron chi connectivity index (χ1n) is 6.18. The topological polar surface area (TPSA) is 46.3 Å². The first kappa shape index (κ1) is 13.4. The zero-order valence-corrected chi connectivity index (χ0v) is 12.0. The van der Waals surface area contributed by atoms with E-state index in [4.69, 9.17) is 28.9 Å². The number of halogens is 2. The smallest absolute Gasteiger partial charge is 0.248 e. The molecule has 1 atom stereocenters. The van der Waals surface area contributed by atoms with Crippen LogP contribution in [0, 0.1) is 0 Å². The molecule has 102 valence electrons. The van der Waals surface area contributed by atoms with Gasteiger partial charge in [0.15, 0.2) is 0 Å². The van der Waals surface area contributed by atoms with Gasteiger partial charge in [-0.3, -0.25) is 4.79 Å². The lowest BCUT2D eigenvalue weighted by Crippen LogP contribution is -2.31. The number of anilines is 1. The zero-order chi connectivity index (χ0) is 14.3. The number of nitrogens with two attached hydrogens (primary N) is 1. The number of carbonyl (C=O) groups is 1. The molecule has 20 heavy (non-hydrogen) atoms. The highest BCUT2D eigenvalue weighted by atomic mass is 35.5. The summed E-state index contributed by atoms with van der Waals surface area (Å²) in [6, 6.07) is 12.3. The predicted molar refractivity (Wildman–Crippen MR) is 81.0 cm³/mol. The van der Waals surface area contributed by atoms with Gasteiger partial charge in [-0.2, -0.15) is 0 Å². The summed E-state index contributed by atoms with van der Waals surface area (Å²) in [6.07, 6.45) is 0. The first-order valence-corrected chi connectivity index (χ1v) is 6.93. The van der Waals surface area contributed by atoms with Crippen LogP contribution in [0.4, 0.5) is 5.69 Å². The van der Waals surface area contributed by atoms with Crippen LogP contribution in [-0.4, -0.2) is 5.91 Å². The summed E-state index contributed by atoms with van der Waals surface area (Å²) in [5.41, 5.74) is 8.58. The van der Waals surface area contributed by atoms with Gasteiger partial charge in [-0.1, -0.05) is 47.5 Å². The van der Waals surface area contributed by atoms with E-state index in [9.17, 15) is 4.79 Å². The SMILES string of the molecule is NC1C(=O)N(Cc2ccc(Cl)c(Cl)c2)c2ccccc21. The van der Waals surface area contributed by atoms with Crippen molar-refractivity contribution in [3.05, 3.63) is 63.6 Å². The van der Waals surface area contributed by atoms with Crippen molar-refractivity contribution in [1.29, 1.82) is 0 Å². The number of hydrogen-bond donors (Lipinski definition) is 1. The second kappa shape index (κ2) is 5.09. The predicted octanol–water partition coefficient (Wildman–Crippen LogP) is 3.54. The zero-order valence-electron chi connectivity index (χ0n) is 10.5. The Morgan fingerprint density at radius 2 is 1.85 bits per heavy atom. The monoisotopic (exact) mass is 306 g/mol. The highest BCUT2D eigenvalue weighted by Gasteiger charge is 2.34. The van der Waals surface area contributed by atoms with Crippen molar-refractivity contribution in [2.24, 2.45) is 5.73 Å². The van der Waals surface area contributed by atoms with E-state index in [-0.39, 0.29) is 5.91 Å². The number of rotatable bonds is 2. The number of amides is 1. The van der Waals surface area contributed by atoms with E-state index in [0.29, 0.717) is 16.6 Å². The van der Waals surface area contributed by atoms with Crippen molar-refractivity contribution < 1.29 is 4.79 Å². The fourth-order valence-corrected chi connectivity index (χ4v) is 2.72. The maximum atomic E-state index is 12.3. The van der Waals surface area contributed by atoms with Gasteiger partial charge in [-0.05, 0) is 23.8 Å². The molecule has 3 nitrogen and oxygen atoms in total. The number of nitrogens with zero attached hydrogens (tertiary/aromatic N) is 1. The van der Waals surface area contributed by atoms with Gasteiger partial charge in [0.2, 0.25) is 5.91 Å². The molecule has 1 heterocycles. The van der Waals surface area contributed by atoms with Crippen LogP contribution in [-0.2, 0) is 11.3 Å². The van der Waals surface area contributed by atoms with E-state index in [1.807, 2.05) is 30.3 Å². The summed E-state index contributed by atoms with van der Waals surface area (Å²) in [5.74, 6) is -0.0997. The quantitative estimate of drug-likeness (QED) is 0.922. The number of benzene rings is 2. The summed E-state index contributed by atoms with van der Waals surface area (Å²) in [6.45, 7) is 0.431. The van der Waals surface area contributed by atoms with Crippen LogP contribution in [0.3, 0.4) is 0 Å². The Labute approximate surface area is 126 Å². The lowest BCUT2D eigenvalue weighted by atomic mass is 10.1. The molecule has 1 aliphatic rings. The molecule has 1 unspecified atom stereocenters. The average Bonchev–Trinajstić information content (AvgIpc) is 2.69. The third-order valence-electron chi connectivity index (χ3n) is 3.42. The second-order valence-electron chi connectivity index (χ2n) is 4.71. The molecule has 2 N–H and O–H groups in total. The van der Waals surface area contributed by atoms with Crippen LogP contribution in [0.5, 0.6) is 0 Å². The Hall–Kier alpha value is -1.55. The minimum Gasteiger partial charge on any atom is -0.316 e. The van der Waals surface area contributed by atoms with Crippen LogP contribution in [0.15, 0.2) is 42.5 Å². The van der Waals surface area contributed by atoms with Gasteiger partial charge in [-0.25, -0.2) is 0 Å². The molecule has 0 fully saturated rings. The van der Waals surface area contributed by atoms with E-state index < -0.39 is 6.04 Å². The van der Waals surface area contributed by atoms with Crippen LogP contribution in [0.2, 0.25) is 10.0 Å². The Morgan fingerprint density at radius 3 is 2.60 bits per heavy atom. The molecular formula is C15H12Cl2N2O. The van der Waals surface area contributed by atoms with Crippen LogP contribution >= 0.6 is 23.2 Å². The van der Waals surface area contributed by atoms with Gasteiger partial charge in [0, 0.05) is 11.3 Å². The maximum absolute atomic E-state index is 12.3. The molecular weight excluding hydrogens is 295 g/mol. The fourth-order valence-electron chi connectivity index (χ4n) is 2.40. The molecule has 0 aliphatic carbocycles. The van der Waals surface area contributed by atoms with Gasteiger partial charge in [0.1, 0.15) is 6.04 Å². The molecule has 2 aromatic carbocycles. The third-order valence-corrected chi connectivity index (χ3v) is 4.16. The van der Waals surface area contributed by atoms with Crippen molar-refractivity contribution in [2.75, 3.05) is 4.90 Å². The molecule has 0 saturated carbocycles. The average molecular weight is 307 g/mol. The first-order chi connectivity index (χ1) is 9.58. The van der Waals surface area contributed by atoms with Crippen LogP contribution in [0.1, 0.15) is 17.2 Å². The summed E-state index contributed by atoms with van der Waals surface area (Å²) < 4.78 is 0. The lowest BCUT2D eigenvalue weighted by molar-refractivity contribution is -0.119. The van der Waals surface area contributed by atoms with E-state index >= 15 is 0 Å². The normalized spacial score (nSPS) is 17.4. The van der Waals surface area contributed by atoms with E-state index in [1.165, 1.54) is 0 Å². The number of hydrogen-bond acceptors (Lipinski definition) is 2. The number of para-hydroxylation sites is 1. The van der Waals surface area contributed by atoms with Crippen LogP contribution < -0.4 is 10.6 Å². The molecule has 2 aromatic rings. The molecule has 3 rings (SSSR count). The maximum Gasteiger partial charge on any atom is 0.248 e. The van der Waals surface area contributed by atoms with Crippen molar-refractivity contribution >= 4 is 34.8 Å². The van der Waals surface area contributed by atoms with Gasteiger partial charge < -0.3 is 10.6 Å². The van der Waals surface area contributed by atoms with Gasteiger partial charge >= 0.3 is 0 Å². The summed E-state index contributed by atoms with van der Waals surface area (Å²) in [7, 11) is 0. The standard InChI is InChI=1S/C15H12Cl2N2O/c16-11-6-5-9(7-12(11)17)8-19-13-4-2-1-3-10(13)14(18)15(19)20/h1-7,14H,8,18H2. The molecule has 5 heteroatoms. The highest BCUT2D eigenvalue weighted by Crippen LogP contribution is 2.35. The van der Waals surface area contributed by atoms with Gasteiger partial charge in [0.25, 0.3) is 0 Å². The van der Waals surface area contributed by atoms with Crippen LogP contribution in [0.25, 0.3) is 0 Å². The van der Waals surface area contributed by atoms with E-state index in [0.717, 1.165) is 16.8 Å². The molecule has 0 saturated heterocycles. The second-order valence-corrected chi connectivity index (χ2v) is 5.52. The van der Waals surface area contributed by atoms with Crippen molar-refractivity contribution in [3.8, 4) is 0 Å². The van der Waals surface area contributed by atoms with E-state index in [2.05, 4.69) is 0 Å². The fraction of sp³-hybridized carbons (Fsp3) is 0.133. The molecule has 0 radical (unpaired) electrons. The summed E-state index contributed by atoms with van der Waals surface area (Å²) in [5, 5.41) is 0.980. The molecule has 0 spiro atoms. The highest BCUT2D eigenvalue weighted by molar-refractivity contribution is 6.42. The number of carbonyl (C=O) groups excluding carboxylic acids is 1. The van der Waals surface area contributed by atoms with Crippen molar-refractivity contribution in [1.82, 2.24) is 0 Å². The molecule has 0 bridgehead atoms. The summed E-state index contributed by atoms with van der Waals surface area (Å²) >= 11 is 11.9. The minimum atomic E-state index is -0.589. The van der Waals surface area contributed by atoms with E-state index in [1.54, 1.807) is 17.0 Å². The molecule has 0 aromatic heterocycles. The molecule has 1 aliphatic heterocycles. The van der Waals surface area contributed by atoms with Gasteiger partial charge in [0.05, 0.1) is 16.6 Å². The number of fused-ring (bicyclic) bond motifs is 1. The Kier molecular flexibility index (Phi) is 3.42. The lowest BCUT2D eigenvalue weighted by Gasteiger charge is -2.18. The Bertz CT molecular complexity index is 687. The largest absolute Gasteiger partial charge is 0.316 e. The third kappa shape index (κ3) is 2.18. The van der Waals surface area contributed by atoms with Crippen molar-refractivity contribution in [3.63, 3.8) is 0 Å². The summed E-state index contributed by atoms with van der Waals surface area (Å²) in [4.78, 5) is 13.9.